The van der Waals surface area contributed by atoms with Crippen molar-refractivity contribution in [1.82, 2.24) is 5.32 Å². The molecular weight excluding hydrogens is 254 g/mol. The maximum atomic E-state index is 6.03. The minimum absolute atomic E-state index is 0.234. The van der Waals surface area contributed by atoms with Crippen molar-refractivity contribution >= 4 is 0 Å². The quantitative estimate of drug-likeness (QED) is 0.778. The molecule has 0 fully saturated rings. The number of hydrogen-bond acceptors (Lipinski definition) is 4. The molecule has 20 heavy (non-hydrogen) atoms. The second-order valence-electron chi connectivity index (χ2n) is 5.13. The molecule has 1 aromatic rings. The van der Waals surface area contributed by atoms with Crippen LogP contribution in [-0.4, -0.2) is 40.6 Å². The summed E-state index contributed by atoms with van der Waals surface area (Å²) in [5.74, 6) is 0.929. The van der Waals surface area contributed by atoms with Gasteiger partial charge in [0.25, 0.3) is 0 Å². The second-order valence-corrected chi connectivity index (χ2v) is 5.13. The van der Waals surface area contributed by atoms with E-state index in [2.05, 4.69) is 17.4 Å². The molecule has 0 saturated heterocycles. The zero-order valence-electron chi connectivity index (χ0n) is 12.6. The number of benzene rings is 1. The molecule has 1 N–H and O–H groups in total. The summed E-state index contributed by atoms with van der Waals surface area (Å²) in [6.45, 7) is 1.51. The van der Waals surface area contributed by atoms with Crippen LogP contribution in [0.5, 0.6) is 5.75 Å². The van der Waals surface area contributed by atoms with Gasteiger partial charge in [0.15, 0.2) is 0 Å². The molecule has 0 aromatic heterocycles. The fraction of sp³-hybridized carbons (Fsp3) is 0.625. The van der Waals surface area contributed by atoms with E-state index in [1.54, 1.807) is 14.2 Å². The van der Waals surface area contributed by atoms with Crippen LogP contribution in [0.15, 0.2) is 18.2 Å². The largest absolute Gasteiger partial charge is 0.497 e. The van der Waals surface area contributed by atoms with E-state index in [0.29, 0.717) is 0 Å². The predicted molar refractivity (Wildman–Crippen MR) is 79.3 cm³/mol. The smallest absolute Gasteiger partial charge is 0.119 e. The third-order valence-corrected chi connectivity index (χ3v) is 3.89. The van der Waals surface area contributed by atoms with E-state index < -0.39 is 0 Å². The zero-order chi connectivity index (χ0) is 14.4. The van der Waals surface area contributed by atoms with Gasteiger partial charge in [-0.15, -0.1) is 0 Å². The van der Waals surface area contributed by atoms with Crippen LogP contribution in [0, 0.1) is 0 Å². The van der Waals surface area contributed by atoms with Crippen molar-refractivity contribution < 1.29 is 14.2 Å². The van der Waals surface area contributed by atoms with Crippen LogP contribution in [0.25, 0.3) is 0 Å². The Balaban J connectivity index is 2.03. The van der Waals surface area contributed by atoms with Crippen LogP contribution in [0.3, 0.4) is 0 Å². The summed E-state index contributed by atoms with van der Waals surface area (Å²) in [4.78, 5) is 0. The van der Waals surface area contributed by atoms with E-state index in [1.165, 1.54) is 11.1 Å². The van der Waals surface area contributed by atoms with Crippen LogP contribution in [-0.2, 0) is 15.9 Å². The standard InChI is InChI=1S/C16H25NO3/c1-17-16-14-7-6-13(19-3)11-12(14)5-8-15(16)20-10-4-9-18-2/h6-7,11,15-17H,4-5,8-10H2,1-3H3. The number of aryl methyl sites for hydroxylation is 1. The minimum atomic E-state index is 0.234. The third-order valence-electron chi connectivity index (χ3n) is 3.89. The first-order valence-electron chi connectivity index (χ1n) is 7.24. The van der Waals surface area contributed by atoms with Crippen molar-refractivity contribution in [2.24, 2.45) is 0 Å². The Hall–Kier alpha value is -1.10. The SMILES string of the molecule is CNC1c2ccc(OC)cc2CCC1OCCCOC. The highest BCUT2D eigenvalue weighted by molar-refractivity contribution is 5.39. The highest BCUT2D eigenvalue weighted by Gasteiger charge is 2.29. The first kappa shape index (κ1) is 15.3. The van der Waals surface area contributed by atoms with Crippen molar-refractivity contribution in [2.75, 3.05) is 34.5 Å². The fourth-order valence-electron chi connectivity index (χ4n) is 2.85. The molecule has 2 unspecified atom stereocenters. The normalized spacial score (nSPS) is 21.6. The van der Waals surface area contributed by atoms with Gasteiger partial charge in [-0.1, -0.05) is 6.07 Å². The van der Waals surface area contributed by atoms with Gasteiger partial charge < -0.3 is 19.5 Å². The predicted octanol–water partition coefficient (Wildman–Crippen LogP) is 2.32. The molecule has 1 aromatic carbocycles. The van der Waals surface area contributed by atoms with Crippen molar-refractivity contribution in [1.29, 1.82) is 0 Å². The van der Waals surface area contributed by atoms with Gasteiger partial charge in [-0.2, -0.15) is 0 Å². The van der Waals surface area contributed by atoms with E-state index >= 15 is 0 Å². The van der Waals surface area contributed by atoms with Gasteiger partial charge in [0.2, 0.25) is 0 Å². The fourth-order valence-corrected chi connectivity index (χ4v) is 2.85. The average molecular weight is 279 g/mol. The molecule has 1 aliphatic rings. The summed E-state index contributed by atoms with van der Waals surface area (Å²) in [5, 5.41) is 3.39. The molecule has 4 nitrogen and oxygen atoms in total. The van der Waals surface area contributed by atoms with Crippen molar-refractivity contribution in [3.8, 4) is 5.75 Å². The molecule has 0 aliphatic heterocycles. The first-order valence-corrected chi connectivity index (χ1v) is 7.24. The Bertz CT molecular complexity index is 422. The van der Waals surface area contributed by atoms with Gasteiger partial charge in [0.05, 0.1) is 19.3 Å². The number of ether oxygens (including phenoxy) is 3. The van der Waals surface area contributed by atoms with Gasteiger partial charge in [0.1, 0.15) is 5.75 Å². The van der Waals surface area contributed by atoms with E-state index in [0.717, 1.165) is 38.2 Å². The lowest BCUT2D eigenvalue weighted by molar-refractivity contribution is 0.00826. The topological polar surface area (TPSA) is 39.7 Å². The number of likely N-dealkylation sites (N-methyl/N-ethyl adjacent to an activating group) is 1. The monoisotopic (exact) mass is 279 g/mol. The van der Waals surface area contributed by atoms with E-state index in [9.17, 15) is 0 Å². The Morgan fingerprint density at radius 2 is 2.10 bits per heavy atom. The number of methoxy groups -OCH3 is 2. The Labute approximate surface area is 121 Å². The number of nitrogens with one attached hydrogen (secondary N) is 1. The highest BCUT2D eigenvalue weighted by atomic mass is 16.5. The van der Waals surface area contributed by atoms with Crippen LogP contribution in [0.2, 0.25) is 0 Å². The van der Waals surface area contributed by atoms with E-state index in [4.69, 9.17) is 14.2 Å². The van der Waals surface area contributed by atoms with E-state index in [-0.39, 0.29) is 12.1 Å². The molecule has 1 aliphatic carbocycles. The van der Waals surface area contributed by atoms with Crippen LogP contribution >= 0.6 is 0 Å². The third kappa shape index (κ3) is 3.51. The Kier molecular flexibility index (Phi) is 5.83. The number of hydrogen-bond donors (Lipinski definition) is 1. The van der Waals surface area contributed by atoms with Gasteiger partial charge in [-0.05, 0) is 49.6 Å². The zero-order valence-corrected chi connectivity index (χ0v) is 12.6. The lowest BCUT2D eigenvalue weighted by Gasteiger charge is -2.33. The summed E-state index contributed by atoms with van der Waals surface area (Å²) in [7, 11) is 5.43. The number of rotatable bonds is 7. The van der Waals surface area contributed by atoms with Crippen LogP contribution in [0.1, 0.15) is 30.0 Å². The number of fused-ring (bicyclic) bond motifs is 1. The van der Waals surface area contributed by atoms with Gasteiger partial charge in [-0.3, -0.25) is 0 Å². The maximum absolute atomic E-state index is 6.03. The van der Waals surface area contributed by atoms with Crippen LogP contribution in [0.4, 0.5) is 0 Å². The van der Waals surface area contributed by atoms with Gasteiger partial charge >= 0.3 is 0 Å². The molecule has 0 radical (unpaired) electrons. The summed E-state index contributed by atoms with van der Waals surface area (Å²) >= 11 is 0. The molecule has 0 amide bonds. The van der Waals surface area contributed by atoms with Crippen LogP contribution < -0.4 is 10.1 Å². The molecule has 0 saturated carbocycles. The Morgan fingerprint density at radius 1 is 1.25 bits per heavy atom. The Morgan fingerprint density at radius 3 is 2.80 bits per heavy atom. The van der Waals surface area contributed by atoms with E-state index in [1.807, 2.05) is 13.1 Å². The summed E-state index contributed by atoms with van der Waals surface area (Å²) in [6.07, 6.45) is 3.26. The van der Waals surface area contributed by atoms with Gasteiger partial charge in [-0.25, -0.2) is 0 Å². The van der Waals surface area contributed by atoms with Crippen molar-refractivity contribution in [3.63, 3.8) is 0 Å². The maximum Gasteiger partial charge on any atom is 0.119 e. The van der Waals surface area contributed by atoms with Gasteiger partial charge in [0, 0.05) is 20.3 Å². The molecule has 0 bridgehead atoms. The molecule has 0 spiro atoms. The summed E-state index contributed by atoms with van der Waals surface area (Å²) < 4.78 is 16.4. The second kappa shape index (κ2) is 7.62. The lowest BCUT2D eigenvalue weighted by atomic mass is 9.85. The summed E-state index contributed by atoms with van der Waals surface area (Å²) in [5.41, 5.74) is 2.69. The molecule has 0 heterocycles. The highest BCUT2D eigenvalue weighted by Crippen LogP contribution is 2.33. The molecule has 2 atom stereocenters. The molecule has 112 valence electrons. The average Bonchev–Trinajstić information content (AvgIpc) is 2.50. The lowest BCUT2D eigenvalue weighted by Crippen LogP contribution is -2.36. The molecular formula is C16H25NO3. The first-order chi connectivity index (χ1) is 9.80. The van der Waals surface area contributed by atoms with Crippen molar-refractivity contribution in [3.05, 3.63) is 29.3 Å². The molecule has 4 heteroatoms. The van der Waals surface area contributed by atoms with Crippen molar-refractivity contribution in [2.45, 2.75) is 31.4 Å². The summed E-state index contributed by atoms with van der Waals surface area (Å²) in [6, 6.07) is 6.57. The minimum Gasteiger partial charge on any atom is -0.497 e. The molecule has 2 rings (SSSR count).